The molecule has 9 N–H and O–H groups in total. The number of anilines is 1. The number of carboxylic acids is 1. The highest BCUT2D eigenvalue weighted by Gasteiger charge is 2.53. The fourth-order valence-electron chi connectivity index (χ4n) is 3.03. The van der Waals surface area contributed by atoms with Crippen molar-refractivity contribution in [2.24, 2.45) is 16.8 Å². The third-order valence-electron chi connectivity index (χ3n) is 5.04. The number of hydrogen-bond acceptors (Lipinski definition) is 13. The molecule has 2 aliphatic heterocycles. The van der Waals surface area contributed by atoms with Crippen LogP contribution in [-0.2, 0) is 14.4 Å². The molecule has 1 amide bonds. The van der Waals surface area contributed by atoms with Gasteiger partial charge in [-0.25, -0.2) is 9.78 Å². The lowest BCUT2D eigenvalue weighted by Crippen LogP contribution is -2.62. The van der Waals surface area contributed by atoms with E-state index in [0.29, 0.717) is 11.3 Å². The maximum absolute atomic E-state index is 12.5. The number of allylic oxidation sites excluding steroid dienone is 1. The van der Waals surface area contributed by atoms with Crippen molar-refractivity contribution in [1.29, 1.82) is 0 Å². The van der Waals surface area contributed by atoms with Crippen LogP contribution in [0.5, 0.6) is 0 Å². The molecule has 0 bridgehead atoms. The Balaban J connectivity index is 0.000000440. The molecule has 1 aromatic heterocycles. The molecule has 2 atom stereocenters. The van der Waals surface area contributed by atoms with Gasteiger partial charge in [0.2, 0.25) is 5.91 Å². The highest BCUT2D eigenvalue weighted by Crippen LogP contribution is 2.45. The average molecular weight is 516 g/mol. The Hall–Kier alpha value is -2.82. The minimum absolute atomic E-state index is 0.0965. The molecule has 186 valence electrons. The molecule has 3 heterocycles. The van der Waals surface area contributed by atoms with E-state index in [2.05, 4.69) is 16.7 Å². The lowest BCUT2D eigenvalue weighted by Gasteiger charge is -2.49. The van der Waals surface area contributed by atoms with Crippen LogP contribution in [0.25, 0.3) is 0 Å². The fraction of sp³-hybridized carbons (Fsp3) is 0.421. The number of aromatic nitrogens is 1. The van der Waals surface area contributed by atoms with Crippen LogP contribution >= 0.6 is 23.1 Å². The number of carbonyl (C=O) groups is 3. The summed E-state index contributed by atoms with van der Waals surface area (Å²) in [7, 11) is 0. The number of aliphatic carboxylic acids is 1. The van der Waals surface area contributed by atoms with Crippen molar-refractivity contribution in [3.05, 3.63) is 35.0 Å². The van der Waals surface area contributed by atoms with Gasteiger partial charge in [-0.05, 0) is 5.57 Å². The summed E-state index contributed by atoms with van der Waals surface area (Å²) >= 11 is 2.46. The van der Waals surface area contributed by atoms with Crippen molar-refractivity contribution in [3.8, 4) is 0 Å². The van der Waals surface area contributed by atoms with Crippen LogP contribution in [0.1, 0.15) is 12.1 Å². The molecule has 1 fully saturated rings. The summed E-state index contributed by atoms with van der Waals surface area (Å²) in [6, 6.07) is 0. The summed E-state index contributed by atoms with van der Waals surface area (Å²) in [5.74, 6) is -2.54. The van der Waals surface area contributed by atoms with E-state index in [4.69, 9.17) is 32.0 Å². The predicted octanol–water partition coefficient (Wildman–Crippen LogP) is -1.42. The number of oxime groups is 1. The fourth-order valence-corrected chi connectivity index (χ4v) is 4.98. The van der Waals surface area contributed by atoms with Crippen molar-refractivity contribution < 1.29 is 40.0 Å². The van der Waals surface area contributed by atoms with Crippen molar-refractivity contribution >= 4 is 51.6 Å². The van der Waals surface area contributed by atoms with Crippen LogP contribution < -0.4 is 11.5 Å². The normalized spacial score (nSPS) is 20.2. The Bertz CT molecular complexity index is 1010. The number of nitrogens with zero attached hydrogens (tertiary/aromatic N) is 3. The number of nitrogen functional groups attached to an aromatic ring is 1. The van der Waals surface area contributed by atoms with Gasteiger partial charge in [-0.1, -0.05) is 17.8 Å². The SMILES string of the molecule is C=CC1=C(C(=O)O)N2C(=O)C(CC(=O)/C(=N\O)c3csc(N)n3)C2SC1.NC(CO)(CO)CO. The molecule has 0 saturated carbocycles. The molecular formula is C19H25N5O8S2. The summed E-state index contributed by atoms with van der Waals surface area (Å²) in [6.07, 6.45) is 1.21. The standard InChI is InChI=1S/C15H14N4O5S2.C4H11NO3/c1-2-6-4-25-13-7(12(21)19(13)11(6)14(22)23)3-9(20)10(18-24)8-5-26-15(16)17-8;5-4(1-6,2-7)3-8/h2,5,7,13,24H,1,3-4H2,(H2,16,17)(H,22,23);6-8H,1-3,5H2/b18-10-;. The largest absolute Gasteiger partial charge is 0.477 e. The molecule has 2 aliphatic rings. The second-order valence-corrected chi connectivity index (χ2v) is 9.38. The maximum Gasteiger partial charge on any atom is 0.352 e. The molecular weight excluding hydrogens is 490 g/mol. The van der Waals surface area contributed by atoms with Gasteiger partial charge in [0.25, 0.3) is 0 Å². The number of thioether (sulfide) groups is 1. The summed E-state index contributed by atoms with van der Waals surface area (Å²) in [5.41, 5.74) is 9.69. The Kier molecular flexibility index (Phi) is 9.31. The number of fused-ring (bicyclic) bond motifs is 1. The second-order valence-electron chi connectivity index (χ2n) is 7.38. The zero-order valence-electron chi connectivity index (χ0n) is 17.8. The summed E-state index contributed by atoms with van der Waals surface area (Å²) < 4.78 is 0. The number of thiazole rings is 1. The number of aliphatic hydroxyl groups is 3. The van der Waals surface area contributed by atoms with Gasteiger partial charge in [-0.3, -0.25) is 14.5 Å². The summed E-state index contributed by atoms with van der Waals surface area (Å²) in [5, 5.41) is 47.8. The first-order valence-electron chi connectivity index (χ1n) is 9.69. The molecule has 0 spiro atoms. The van der Waals surface area contributed by atoms with Gasteiger partial charge in [0, 0.05) is 17.6 Å². The van der Waals surface area contributed by atoms with Gasteiger partial charge in [-0.15, -0.1) is 23.1 Å². The topological polar surface area (TPSA) is 233 Å². The van der Waals surface area contributed by atoms with Crippen molar-refractivity contribution in [1.82, 2.24) is 9.88 Å². The smallest absolute Gasteiger partial charge is 0.352 e. The van der Waals surface area contributed by atoms with Gasteiger partial charge < -0.3 is 37.1 Å². The lowest BCUT2D eigenvalue weighted by molar-refractivity contribution is -0.153. The Morgan fingerprint density at radius 1 is 1.32 bits per heavy atom. The number of aliphatic hydroxyl groups excluding tert-OH is 3. The van der Waals surface area contributed by atoms with Crippen molar-refractivity contribution in [2.75, 3.05) is 31.3 Å². The Morgan fingerprint density at radius 2 is 1.94 bits per heavy atom. The van der Waals surface area contributed by atoms with E-state index in [9.17, 15) is 19.5 Å². The molecule has 13 nitrogen and oxygen atoms in total. The number of β-lactam (4-membered cyclic amide) rings is 1. The number of nitrogens with two attached hydrogens (primary N) is 2. The van der Waals surface area contributed by atoms with Gasteiger partial charge in [0.1, 0.15) is 11.4 Å². The van der Waals surface area contributed by atoms with E-state index in [1.54, 1.807) is 0 Å². The third-order valence-corrected chi connectivity index (χ3v) is 7.07. The molecule has 0 aromatic carbocycles. The third kappa shape index (κ3) is 5.63. The molecule has 15 heteroatoms. The van der Waals surface area contributed by atoms with E-state index in [-0.39, 0.29) is 28.7 Å². The number of carboxylic acid groups (broad SMARTS) is 1. The van der Waals surface area contributed by atoms with Gasteiger partial charge in [0.05, 0.1) is 36.7 Å². The van der Waals surface area contributed by atoms with Crippen molar-refractivity contribution in [3.63, 3.8) is 0 Å². The van der Waals surface area contributed by atoms with Crippen LogP contribution in [0.3, 0.4) is 0 Å². The van der Waals surface area contributed by atoms with E-state index >= 15 is 0 Å². The van der Waals surface area contributed by atoms with Crippen LogP contribution in [-0.4, -0.2) is 95.4 Å². The van der Waals surface area contributed by atoms with Gasteiger partial charge >= 0.3 is 5.97 Å². The van der Waals surface area contributed by atoms with Crippen LogP contribution in [0.4, 0.5) is 5.13 Å². The summed E-state index contributed by atoms with van der Waals surface area (Å²) in [6.45, 7) is 2.37. The number of hydrogen-bond donors (Lipinski definition) is 7. The highest BCUT2D eigenvalue weighted by atomic mass is 32.2. The first-order valence-corrected chi connectivity index (χ1v) is 11.6. The number of Topliss-reactive ketones (excluding diaryl/α,β-unsaturated/α-hetero) is 1. The van der Waals surface area contributed by atoms with E-state index < -0.39 is 54.3 Å². The maximum atomic E-state index is 12.5. The Labute approximate surface area is 202 Å². The molecule has 1 aromatic rings. The van der Waals surface area contributed by atoms with Crippen LogP contribution in [0.15, 0.2) is 34.5 Å². The minimum Gasteiger partial charge on any atom is -0.477 e. The Morgan fingerprint density at radius 3 is 2.35 bits per heavy atom. The zero-order chi connectivity index (χ0) is 25.6. The number of rotatable bonds is 9. The monoisotopic (exact) mass is 515 g/mol. The molecule has 1 saturated heterocycles. The number of carbonyl (C=O) groups excluding carboxylic acids is 2. The number of ketones is 1. The van der Waals surface area contributed by atoms with Gasteiger partial charge in [0.15, 0.2) is 16.6 Å². The van der Waals surface area contributed by atoms with E-state index in [1.165, 1.54) is 28.1 Å². The quantitative estimate of drug-likeness (QED) is 0.0869. The first-order chi connectivity index (χ1) is 16.1. The molecule has 3 rings (SSSR count). The van der Waals surface area contributed by atoms with Crippen LogP contribution in [0, 0.1) is 5.92 Å². The molecule has 0 radical (unpaired) electrons. The zero-order valence-corrected chi connectivity index (χ0v) is 19.5. The molecule has 34 heavy (non-hydrogen) atoms. The minimum atomic E-state index is -1.21. The van der Waals surface area contributed by atoms with Gasteiger partial charge in [-0.2, -0.15) is 0 Å². The first kappa shape index (κ1) is 27.4. The van der Waals surface area contributed by atoms with E-state index in [0.717, 1.165) is 11.3 Å². The van der Waals surface area contributed by atoms with Crippen LogP contribution in [0.2, 0.25) is 0 Å². The lowest BCUT2D eigenvalue weighted by atomic mass is 9.89. The number of amides is 1. The predicted molar refractivity (Wildman–Crippen MR) is 124 cm³/mol. The molecule has 2 unspecified atom stereocenters. The van der Waals surface area contributed by atoms with E-state index in [1.807, 2.05) is 0 Å². The highest BCUT2D eigenvalue weighted by molar-refractivity contribution is 8.00. The second kappa shape index (κ2) is 11.5. The summed E-state index contributed by atoms with van der Waals surface area (Å²) in [4.78, 5) is 41.5. The average Bonchev–Trinajstić information content (AvgIpc) is 3.27. The van der Waals surface area contributed by atoms with Crippen molar-refractivity contribution in [2.45, 2.75) is 17.3 Å². The molecule has 0 aliphatic carbocycles.